The minimum Gasteiger partial charge on any atom is -0.493 e. The molecule has 3 nitrogen and oxygen atoms in total. The van der Waals surface area contributed by atoms with E-state index < -0.39 is 0 Å². The first-order valence-corrected chi connectivity index (χ1v) is 8.07. The Labute approximate surface area is 143 Å². The van der Waals surface area contributed by atoms with Crippen molar-refractivity contribution in [2.45, 2.75) is 40.2 Å². The molecule has 0 aliphatic heterocycles. The van der Waals surface area contributed by atoms with Crippen LogP contribution in [0.2, 0.25) is 0 Å². The molecule has 0 aliphatic rings. The van der Waals surface area contributed by atoms with E-state index in [0.29, 0.717) is 5.92 Å². The van der Waals surface area contributed by atoms with Crippen molar-refractivity contribution in [1.82, 2.24) is 5.32 Å². The van der Waals surface area contributed by atoms with Gasteiger partial charge in [-0.1, -0.05) is 43.1 Å². The van der Waals surface area contributed by atoms with Crippen LogP contribution >= 0.6 is 28.3 Å². The molecule has 0 aromatic heterocycles. The molecular formula is C16H27BrClNO2. The Balaban J connectivity index is 0.00000400. The van der Waals surface area contributed by atoms with E-state index in [1.807, 2.05) is 12.1 Å². The molecule has 0 amide bonds. The van der Waals surface area contributed by atoms with Crippen molar-refractivity contribution >= 4 is 28.3 Å². The highest BCUT2D eigenvalue weighted by atomic mass is 79.9. The third-order valence-corrected chi connectivity index (χ3v) is 3.69. The van der Waals surface area contributed by atoms with Crippen molar-refractivity contribution in [2.24, 2.45) is 5.92 Å². The van der Waals surface area contributed by atoms with E-state index in [2.05, 4.69) is 42.0 Å². The van der Waals surface area contributed by atoms with E-state index >= 15 is 0 Å². The molecule has 0 aliphatic carbocycles. The van der Waals surface area contributed by atoms with Crippen LogP contribution in [0.5, 0.6) is 11.5 Å². The Bertz CT molecular complexity index is 414. The predicted molar refractivity (Wildman–Crippen MR) is 94.9 cm³/mol. The maximum Gasteiger partial charge on any atom is 0.162 e. The normalized spacial score (nSPS) is 10.4. The summed E-state index contributed by atoms with van der Waals surface area (Å²) in [5.74, 6) is 2.25. The molecule has 5 heteroatoms. The number of unbranched alkanes of at least 4 members (excludes halogenated alkanes) is 1. The average molecular weight is 381 g/mol. The predicted octanol–water partition coefficient (Wildman–Crippen LogP) is 4.80. The molecule has 0 bridgehead atoms. The van der Waals surface area contributed by atoms with E-state index in [0.717, 1.165) is 48.5 Å². The highest BCUT2D eigenvalue weighted by molar-refractivity contribution is 9.10. The Morgan fingerprint density at radius 2 is 1.95 bits per heavy atom. The van der Waals surface area contributed by atoms with Crippen molar-refractivity contribution in [3.63, 3.8) is 0 Å². The summed E-state index contributed by atoms with van der Waals surface area (Å²) < 4.78 is 12.3. The largest absolute Gasteiger partial charge is 0.493 e. The number of nitrogens with one attached hydrogen (secondary N) is 1. The van der Waals surface area contributed by atoms with Gasteiger partial charge in [-0.25, -0.2) is 0 Å². The molecule has 0 fully saturated rings. The molecule has 1 N–H and O–H groups in total. The number of hydrogen-bond acceptors (Lipinski definition) is 3. The molecule has 0 unspecified atom stereocenters. The lowest BCUT2D eigenvalue weighted by Crippen LogP contribution is -2.19. The molecule has 1 rings (SSSR count). The summed E-state index contributed by atoms with van der Waals surface area (Å²) in [6.45, 7) is 9.11. The molecule has 0 spiro atoms. The van der Waals surface area contributed by atoms with Gasteiger partial charge >= 0.3 is 0 Å². The maximum absolute atomic E-state index is 5.77. The summed E-state index contributed by atoms with van der Waals surface area (Å²) in [6, 6.07) is 4.04. The lowest BCUT2D eigenvalue weighted by Gasteiger charge is -2.15. The Morgan fingerprint density at radius 3 is 2.52 bits per heavy atom. The minimum absolute atomic E-state index is 0. The van der Waals surface area contributed by atoms with E-state index in [1.165, 1.54) is 5.56 Å². The van der Waals surface area contributed by atoms with Crippen molar-refractivity contribution in [3.8, 4) is 11.5 Å². The molecule has 0 radical (unpaired) electrons. The van der Waals surface area contributed by atoms with Gasteiger partial charge in [0.25, 0.3) is 0 Å². The van der Waals surface area contributed by atoms with Crippen LogP contribution in [0, 0.1) is 5.92 Å². The summed E-state index contributed by atoms with van der Waals surface area (Å²) in [5, 5.41) is 3.44. The van der Waals surface area contributed by atoms with Crippen molar-refractivity contribution in [2.75, 3.05) is 20.3 Å². The zero-order valence-corrected chi connectivity index (χ0v) is 15.8. The van der Waals surface area contributed by atoms with Gasteiger partial charge in [0.1, 0.15) is 0 Å². The SMILES string of the molecule is CCCCOc1cc(Br)c(CNCC(C)C)cc1OC.Cl. The standard InChI is InChI=1S/C16H26BrNO2.ClH/c1-5-6-7-20-16-9-14(17)13(8-15(16)19-4)11-18-10-12(2)3;/h8-9,12,18H,5-7,10-11H2,1-4H3;1H. The number of rotatable bonds is 9. The zero-order chi connectivity index (χ0) is 15.0. The molecule has 0 heterocycles. The van der Waals surface area contributed by atoms with Gasteiger partial charge in [-0.05, 0) is 36.6 Å². The van der Waals surface area contributed by atoms with Crippen LogP contribution in [0.1, 0.15) is 39.2 Å². The zero-order valence-electron chi connectivity index (χ0n) is 13.4. The van der Waals surface area contributed by atoms with E-state index in [4.69, 9.17) is 9.47 Å². The Morgan fingerprint density at radius 1 is 1.24 bits per heavy atom. The Hall–Kier alpha value is -0.450. The van der Waals surface area contributed by atoms with Crippen molar-refractivity contribution in [3.05, 3.63) is 22.2 Å². The maximum atomic E-state index is 5.77. The molecule has 0 saturated heterocycles. The van der Waals surface area contributed by atoms with Crippen LogP contribution in [-0.4, -0.2) is 20.3 Å². The second-order valence-corrected chi connectivity index (χ2v) is 6.18. The summed E-state index contributed by atoms with van der Waals surface area (Å²) in [5.41, 5.74) is 1.19. The minimum atomic E-state index is 0. The van der Waals surface area contributed by atoms with Gasteiger partial charge < -0.3 is 14.8 Å². The van der Waals surface area contributed by atoms with Crippen LogP contribution in [-0.2, 0) is 6.54 Å². The average Bonchev–Trinajstić information content (AvgIpc) is 2.41. The van der Waals surface area contributed by atoms with Crippen LogP contribution in [0.3, 0.4) is 0 Å². The third-order valence-electron chi connectivity index (χ3n) is 2.96. The Kier molecular flexibility index (Phi) is 10.9. The number of benzene rings is 1. The highest BCUT2D eigenvalue weighted by Gasteiger charge is 2.10. The van der Waals surface area contributed by atoms with Gasteiger partial charge in [-0.2, -0.15) is 0 Å². The quantitative estimate of drug-likeness (QED) is 0.624. The first-order valence-electron chi connectivity index (χ1n) is 7.28. The van der Waals surface area contributed by atoms with Gasteiger partial charge in [0.2, 0.25) is 0 Å². The summed E-state index contributed by atoms with van der Waals surface area (Å²) >= 11 is 3.61. The lowest BCUT2D eigenvalue weighted by atomic mass is 10.1. The lowest BCUT2D eigenvalue weighted by molar-refractivity contribution is 0.288. The highest BCUT2D eigenvalue weighted by Crippen LogP contribution is 2.33. The molecule has 1 aromatic carbocycles. The number of methoxy groups -OCH3 is 1. The van der Waals surface area contributed by atoms with Crippen molar-refractivity contribution in [1.29, 1.82) is 0 Å². The fourth-order valence-corrected chi connectivity index (χ4v) is 2.27. The van der Waals surface area contributed by atoms with Crippen LogP contribution in [0.25, 0.3) is 0 Å². The van der Waals surface area contributed by atoms with Crippen molar-refractivity contribution < 1.29 is 9.47 Å². The molecule has 122 valence electrons. The first-order chi connectivity index (χ1) is 9.58. The van der Waals surface area contributed by atoms with Gasteiger partial charge in [0.15, 0.2) is 11.5 Å². The second-order valence-electron chi connectivity index (χ2n) is 5.32. The number of halogens is 2. The van der Waals surface area contributed by atoms with Crippen LogP contribution < -0.4 is 14.8 Å². The summed E-state index contributed by atoms with van der Waals surface area (Å²) in [7, 11) is 1.68. The summed E-state index contributed by atoms with van der Waals surface area (Å²) in [4.78, 5) is 0. The molecular weight excluding hydrogens is 354 g/mol. The fraction of sp³-hybridized carbons (Fsp3) is 0.625. The van der Waals surface area contributed by atoms with Crippen LogP contribution in [0.4, 0.5) is 0 Å². The molecule has 21 heavy (non-hydrogen) atoms. The molecule has 1 aromatic rings. The topological polar surface area (TPSA) is 30.5 Å². The third kappa shape index (κ3) is 7.39. The van der Waals surface area contributed by atoms with Crippen LogP contribution in [0.15, 0.2) is 16.6 Å². The molecule has 0 saturated carbocycles. The number of ether oxygens (including phenoxy) is 2. The smallest absolute Gasteiger partial charge is 0.162 e. The van der Waals surface area contributed by atoms with Gasteiger partial charge in [-0.3, -0.25) is 0 Å². The fourth-order valence-electron chi connectivity index (χ4n) is 1.81. The van der Waals surface area contributed by atoms with Gasteiger partial charge in [0, 0.05) is 11.0 Å². The van der Waals surface area contributed by atoms with Gasteiger partial charge in [-0.15, -0.1) is 12.4 Å². The number of hydrogen-bond donors (Lipinski definition) is 1. The summed E-state index contributed by atoms with van der Waals surface area (Å²) in [6.07, 6.45) is 2.18. The monoisotopic (exact) mass is 379 g/mol. The van der Waals surface area contributed by atoms with Gasteiger partial charge in [0.05, 0.1) is 13.7 Å². The molecule has 0 atom stereocenters. The van der Waals surface area contributed by atoms with E-state index in [-0.39, 0.29) is 12.4 Å². The second kappa shape index (κ2) is 11.2. The first kappa shape index (κ1) is 20.6. The van der Waals surface area contributed by atoms with E-state index in [9.17, 15) is 0 Å². The van der Waals surface area contributed by atoms with E-state index in [1.54, 1.807) is 7.11 Å².